The van der Waals surface area contributed by atoms with Crippen LogP contribution in [0.15, 0.2) is 0 Å². The molecule has 2 atom stereocenters. The van der Waals surface area contributed by atoms with Gasteiger partial charge >= 0.3 is 5.97 Å². The average Bonchev–Trinajstić information content (AvgIpc) is 2.14. The van der Waals surface area contributed by atoms with Crippen LogP contribution < -0.4 is 0 Å². The number of unbranched alkanes of at least 4 members (excludes halogenated alkanes) is 1. The lowest BCUT2D eigenvalue weighted by atomic mass is 10.0. The van der Waals surface area contributed by atoms with E-state index in [1.54, 1.807) is 6.92 Å². The topological polar surface area (TPSA) is 57.5 Å². The molecule has 0 amide bonds. The molecule has 14 heavy (non-hydrogen) atoms. The van der Waals surface area contributed by atoms with E-state index in [1.165, 1.54) is 0 Å². The third-order valence-corrected chi connectivity index (χ3v) is 2.49. The van der Waals surface area contributed by atoms with Gasteiger partial charge < -0.3 is 10.2 Å². The first-order valence-corrected chi connectivity index (χ1v) is 5.48. The minimum atomic E-state index is -0.743. The van der Waals surface area contributed by atoms with E-state index in [-0.39, 0.29) is 12.0 Å². The lowest BCUT2D eigenvalue weighted by Gasteiger charge is -2.10. The molecule has 0 saturated heterocycles. The van der Waals surface area contributed by atoms with Crippen molar-refractivity contribution in [2.24, 2.45) is 5.92 Å². The molecule has 0 bridgehead atoms. The molecular formula is C11H22O3. The van der Waals surface area contributed by atoms with Crippen LogP contribution in [0.25, 0.3) is 0 Å². The average molecular weight is 202 g/mol. The number of carboxylic acid groups (broad SMARTS) is 1. The van der Waals surface area contributed by atoms with Crippen molar-refractivity contribution in [3.63, 3.8) is 0 Å². The first kappa shape index (κ1) is 13.4. The number of carbonyl (C=O) groups is 1. The quantitative estimate of drug-likeness (QED) is 0.635. The molecule has 3 nitrogen and oxygen atoms in total. The summed E-state index contributed by atoms with van der Waals surface area (Å²) in [5.41, 5.74) is 0. The van der Waals surface area contributed by atoms with Crippen LogP contribution in [0, 0.1) is 5.92 Å². The fourth-order valence-corrected chi connectivity index (χ4v) is 1.37. The van der Waals surface area contributed by atoms with Gasteiger partial charge in [0, 0.05) is 0 Å². The van der Waals surface area contributed by atoms with E-state index >= 15 is 0 Å². The van der Waals surface area contributed by atoms with Gasteiger partial charge in [-0.25, -0.2) is 0 Å². The van der Waals surface area contributed by atoms with E-state index in [1.807, 2.05) is 0 Å². The first-order valence-electron chi connectivity index (χ1n) is 5.48. The van der Waals surface area contributed by atoms with Gasteiger partial charge in [0.25, 0.3) is 0 Å². The van der Waals surface area contributed by atoms with E-state index in [0.717, 1.165) is 32.1 Å². The van der Waals surface area contributed by atoms with E-state index in [2.05, 4.69) is 6.92 Å². The Balaban J connectivity index is 3.39. The van der Waals surface area contributed by atoms with Gasteiger partial charge in [-0.2, -0.15) is 0 Å². The van der Waals surface area contributed by atoms with Crippen LogP contribution >= 0.6 is 0 Å². The van der Waals surface area contributed by atoms with Crippen LogP contribution in [0.1, 0.15) is 52.4 Å². The molecule has 84 valence electrons. The summed E-state index contributed by atoms with van der Waals surface area (Å²) in [6.45, 7) is 3.81. The molecule has 2 unspecified atom stereocenters. The van der Waals surface area contributed by atoms with Gasteiger partial charge in [-0.15, -0.1) is 0 Å². The fraction of sp³-hybridized carbons (Fsp3) is 0.909. The summed E-state index contributed by atoms with van der Waals surface area (Å²) < 4.78 is 0. The van der Waals surface area contributed by atoms with Crippen LogP contribution in [0.2, 0.25) is 0 Å². The zero-order valence-corrected chi connectivity index (χ0v) is 9.20. The highest BCUT2D eigenvalue weighted by Gasteiger charge is 2.11. The molecule has 0 aliphatic carbocycles. The fourth-order valence-electron chi connectivity index (χ4n) is 1.37. The zero-order chi connectivity index (χ0) is 11.0. The maximum absolute atomic E-state index is 10.5. The molecule has 0 aromatic heterocycles. The molecule has 0 aromatic rings. The summed E-state index contributed by atoms with van der Waals surface area (Å²) in [6, 6.07) is 0. The van der Waals surface area contributed by atoms with Crippen LogP contribution in [-0.4, -0.2) is 22.3 Å². The highest BCUT2D eigenvalue weighted by atomic mass is 16.4. The van der Waals surface area contributed by atoms with Crippen molar-refractivity contribution in [3.05, 3.63) is 0 Å². The second kappa shape index (κ2) is 7.80. The molecule has 0 aliphatic rings. The standard InChI is InChI=1S/C11H22O3/c1-3-4-7-10(12)8-5-6-9(2)11(13)14/h9-10,12H,3-8H2,1-2H3,(H,13,14). The SMILES string of the molecule is CCCCC(O)CCCC(C)C(=O)O. The molecule has 3 heteroatoms. The van der Waals surface area contributed by atoms with Gasteiger partial charge in [-0.1, -0.05) is 33.1 Å². The van der Waals surface area contributed by atoms with Gasteiger partial charge in [0.1, 0.15) is 0 Å². The lowest BCUT2D eigenvalue weighted by Crippen LogP contribution is -2.11. The number of hydrogen-bond donors (Lipinski definition) is 2. The first-order chi connectivity index (χ1) is 6.57. The Labute approximate surface area is 86.1 Å². The second-order valence-corrected chi connectivity index (χ2v) is 3.97. The normalized spacial score (nSPS) is 15.1. The van der Waals surface area contributed by atoms with Gasteiger partial charge in [0.05, 0.1) is 12.0 Å². The van der Waals surface area contributed by atoms with Gasteiger partial charge in [-0.3, -0.25) is 4.79 Å². The predicted octanol–water partition coefficient (Wildman–Crippen LogP) is 2.43. The van der Waals surface area contributed by atoms with Crippen LogP contribution in [0.4, 0.5) is 0 Å². The van der Waals surface area contributed by atoms with E-state index in [0.29, 0.717) is 6.42 Å². The number of rotatable bonds is 8. The smallest absolute Gasteiger partial charge is 0.306 e. The second-order valence-electron chi connectivity index (χ2n) is 3.97. The summed E-state index contributed by atoms with van der Waals surface area (Å²) >= 11 is 0. The van der Waals surface area contributed by atoms with Crippen molar-refractivity contribution in [1.82, 2.24) is 0 Å². The van der Waals surface area contributed by atoms with Crippen molar-refractivity contribution in [1.29, 1.82) is 0 Å². The third kappa shape index (κ3) is 6.89. The van der Waals surface area contributed by atoms with Crippen LogP contribution in [0.5, 0.6) is 0 Å². The van der Waals surface area contributed by atoms with Gasteiger partial charge in [-0.05, 0) is 19.3 Å². The number of carboxylic acids is 1. The molecule has 0 aliphatic heterocycles. The van der Waals surface area contributed by atoms with Crippen LogP contribution in [0.3, 0.4) is 0 Å². The van der Waals surface area contributed by atoms with Crippen molar-refractivity contribution < 1.29 is 15.0 Å². The molecule has 0 aromatic carbocycles. The highest BCUT2D eigenvalue weighted by Crippen LogP contribution is 2.12. The van der Waals surface area contributed by atoms with Crippen molar-refractivity contribution in [3.8, 4) is 0 Å². The maximum atomic E-state index is 10.5. The highest BCUT2D eigenvalue weighted by molar-refractivity contribution is 5.69. The molecular weight excluding hydrogens is 180 g/mol. The lowest BCUT2D eigenvalue weighted by molar-refractivity contribution is -0.141. The zero-order valence-electron chi connectivity index (χ0n) is 9.20. The van der Waals surface area contributed by atoms with Crippen LogP contribution in [-0.2, 0) is 4.79 Å². The molecule has 0 saturated carbocycles. The molecule has 0 heterocycles. The Kier molecular flexibility index (Phi) is 7.48. The maximum Gasteiger partial charge on any atom is 0.306 e. The summed E-state index contributed by atoms with van der Waals surface area (Å²) in [7, 11) is 0. The third-order valence-electron chi connectivity index (χ3n) is 2.49. The monoisotopic (exact) mass is 202 g/mol. The minimum absolute atomic E-state index is 0.240. The van der Waals surface area contributed by atoms with Gasteiger partial charge in [0.2, 0.25) is 0 Å². The minimum Gasteiger partial charge on any atom is -0.481 e. The largest absolute Gasteiger partial charge is 0.481 e. The Hall–Kier alpha value is -0.570. The van der Waals surface area contributed by atoms with E-state index in [9.17, 15) is 9.90 Å². The number of aliphatic carboxylic acids is 1. The molecule has 0 radical (unpaired) electrons. The molecule has 0 spiro atoms. The molecule has 0 rings (SSSR count). The number of aliphatic hydroxyl groups excluding tert-OH is 1. The molecule has 0 fully saturated rings. The van der Waals surface area contributed by atoms with Crippen molar-refractivity contribution >= 4 is 5.97 Å². The number of aliphatic hydroxyl groups is 1. The summed E-state index contributed by atoms with van der Waals surface area (Å²) in [6.07, 6.45) is 4.96. The van der Waals surface area contributed by atoms with E-state index < -0.39 is 5.97 Å². The number of hydrogen-bond acceptors (Lipinski definition) is 2. The Morgan fingerprint density at radius 1 is 1.21 bits per heavy atom. The predicted molar refractivity (Wildman–Crippen MR) is 56.2 cm³/mol. The summed E-state index contributed by atoms with van der Waals surface area (Å²) in [4.78, 5) is 10.5. The van der Waals surface area contributed by atoms with Gasteiger partial charge in [0.15, 0.2) is 0 Å². The Bertz CT molecular complexity index is 157. The van der Waals surface area contributed by atoms with E-state index in [4.69, 9.17) is 5.11 Å². The summed E-state index contributed by atoms with van der Waals surface area (Å²) in [5.74, 6) is -1.03. The Morgan fingerprint density at radius 2 is 1.79 bits per heavy atom. The van der Waals surface area contributed by atoms with Crippen molar-refractivity contribution in [2.45, 2.75) is 58.5 Å². The Morgan fingerprint density at radius 3 is 2.29 bits per heavy atom. The summed E-state index contributed by atoms with van der Waals surface area (Å²) in [5, 5.41) is 18.1. The van der Waals surface area contributed by atoms with Crippen molar-refractivity contribution in [2.75, 3.05) is 0 Å². The molecule has 2 N–H and O–H groups in total.